The number of fused-ring (bicyclic) bond motifs is 1. The van der Waals surface area contributed by atoms with E-state index >= 15 is 0 Å². The Morgan fingerprint density at radius 2 is 1.95 bits per heavy atom. The average molecular weight is 262 g/mol. The van der Waals surface area contributed by atoms with Crippen molar-refractivity contribution in [1.29, 1.82) is 0 Å². The fraction of sp³-hybridized carbons (Fsp3) is 0.733. The van der Waals surface area contributed by atoms with Crippen LogP contribution >= 0.6 is 0 Å². The molecule has 0 bridgehead atoms. The summed E-state index contributed by atoms with van der Waals surface area (Å²) < 4.78 is 5.21. The van der Waals surface area contributed by atoms with Crippen LogP contribution in [0, 0.1) is 11.8 Å². The average Bonchev–Trinajstić information content (AvgIpc) is 3.04. The summed E-state index contributed by atoms with van der Waals surface area (Å²) in [6.45, 7) is 5.91. The monoisotopic (exact) mass is 262 g/mol. The van der Waals surface area contributed by atoms with E-state index in [4.69, 9.17) is 4.52 Å². The van der Waals surface area contributed by atoms with Gasteiger partial charge in [0, 0.05) is 19.2 Å². The molecule has 19 heavy (non-hydrogen) atoms. The second kappa shape index (κ2) is 4.99. The Bertz CT molecular complexity index is 452. The Hall–Kier alpha value is -1.32. The molecule has 4 nitrogen and oxygen atoms in total. The molecule has 1 aromatic heterocycles. The first-order chi connectivity index (χ1) is 9.15. The smallest absolute Gasteiger partial charge is 0.292 e. The summed E-state index contributed by atoms with van der Waals surface area (Å²) in [4.78, 5) is 14.4. The van der Waals surface area contributed by atoms with E-state index in [0.29, 0.717) is 23.5 Å². The van der Waals surface area contributed by atoms with Crippen LogP contribution < -0.4 is 0 Å². The minimum atomic E-state index is 0.0220. The van der Waals surface area contributed by atoms with Gasteiger partial charge < -0.3 is 9.42 Å². The van der Waals surface area contributed by atoms with E-state index in [2.05, 4.69) is 19.0 Å². The minimum absolute atomic E-state index is 0.0220. The number of likely N-dealkylation sites (tertiary alicyclic amines) is 1. The van der Waals surface area contributed by atoms with Gasteiger partial charge in [-0.3, -0.25) is 4.79 Å². The number of rotatable bonds is 2. The first-order valence-corrected chi connectivity index (χ1v) is 7.41. The van der Waals surface area contributed by atoms with Gasteiger partial charge in [0.15, 0.2) is 0 Å². The fourth-order valence-corrected chi connectivity index (χ4v) is 3.39. The molecule has 1 amide bonds. The molecule has 1 aliphatic heterocycles. The summed E-state index contributed by atoms with van der Waals surface area (Å²) in [5.41, 5.74) is 0.861. The second-order valence-electron chi connectivity index (χ2n) is 6.29. The largest absolute Gasteiger partial charge is 0.351 e. The van der Waals surface area contributed by atoms with Gasteiger partial charge in [-0.15, -0.1) is 0 Å². The van der Waals surface area contributed by atoms with Crippen LogP contribution in [0.5, 0.6) is 0 Å². The van der Waals surface area contributed by atoms with Gasteiger partial charge in [-0.2, -0.15) is 0 Å². The molecule has 0 spiro atoms. The normalized spacial score (nSPS) is 26.8. The molecular formula is C15H22N2O2. The van der Waals surface area contributed by atoms with E-state index in [0.717, 1.165) is 18.8 Å². The van der Waals surface area contributed by atoms with Crippen LogP contribution in [0.25, 0.3) is 0 Å². The van der Waals surface area contributed by atoms with Crippen LogP contribution in [-0.2, 0) is 0 Å². The van der Waals surface area contributed by atoms with Gasteiger partial charge in [-0.05, 0) is 30.6 Å². The second-order valence-corrected chi connectivity index (χ2v) is 6.29. The SMILES string of the molecule is CC(C)c1cc(C(=O)N2CC3CCCCC3C2)on1. The standard InChI is InChI=1S/C15H22N2O2/c1-10(2)13-7-14(19-16-13)15(18)17-8-11-5-3-4-6-12(11)9-17/h7,10-12H,3-6,8-9H2,1-2H3. The lowest BCUT2D eigenvalue weighted by Gasteiger charge is -2.22. The molecule has 2 atom stereocenters. The van der Waals surface area contributed by atoms with E-state index in [1.807, 2.05) is 4.90 Å². The topological polar surface area (TPSA) is 46.3 Å². The molecule has 2 fully saturated rings. The zero-order chi connectivity index (χ0) is 13.4. The lowest BCUT2D eigenvalue weighted by molar-refractivity contribution is 0.0742. The maximum Gasteiger partial charge on any atom is 0.292 e. The Balaban J connectivity index is 1.70. The molecule has 0 radical (unpaired) electrons. The third-order valence-corrected chi connectivity index (χ3v) is 4.59. The van der Waals surface area contributed by atoms with Crippen LogP contribution in [0.15, 0.2) is 10.6 Å². The summed E-state index contributed by atoms with van der Waals surface area (Å²) >= 11 is 0. The van der Waals surface area contributed by atoms with E-state index in [1.165, 1.54) is 25.7 Å². The minimum Gasteiger partial charge on any atom is -0.351 e. The lowest BCUT2D eigenvalue weighted by Crippen LogP contribution is -2.28. The number of nitrogens with zero attached hydrogens (tertiary/aromatic N) is 2. The Kier molecular flexibility index (Phi) is 3.33. The van der Waals surface area contributed by atoms with Crippen LogP contribution in [0.4, 0.5) is 0 Å². The molecule has 1 saturated heterocycles. The maximum absolute atomic E-state index is 12.4. The molecular weight excluding hydrogens is 240 g/mol. The lowest BCUT2D eigenvalue weighted by atomic mass is 9.82. The van der Waals surface area contributed by atoms with Crippen molar-refractivity contribution in [3.05, 3.63) is 17.5 Å². The quantitative estimate of drug-likeness (QED) is 0.823. The van der Waals surface area contributed by atoms with Gasteiger partial charge in [-0.1, -0.05) is 31.8 Å². The third-order valence-electron chi connectivity index (χ3n) is 4.59. The van der Waals surface area contributed by atoms with E-state index in [-0.39, 0.29) is 5.91 Å². The van der Waals surface area contributed by atoms with E-state index in [9.17, 15) is 4.79 Å². The Morgan fingerprint density at radius 3 is 2.47 bits per heavy atom. The van der Waals surface area contributed by atoms with Gasteiger partial charge in [0.1, 0.15) is 0 Å². The zero-order valence-electron chi connectivity index (χ0n) is 11.8. The summed E-state index contributed by atoms with van der Waals surface area (Å²) in [7, 11) is 0. The number of carbonyl (C=O) groups is 1. The van der Waals surface area contributed by atoms with E-state index in [1.54, 1.807) is 6.07 Å². The number of aromatic nitrogens is 1. The molecule has 1 aliphatic carbocycles. The zero-order valence-corrected chi connectivity index (χ0v) is 11.8. The van der Waals surface area contributed by atoms with Crippen LogP contribution in [0.1, 0.15) is 61.7 Å². The highest BCUT2D eigenvalue weighted by Gasteiger charge is 2.37. The molecule has 0 N–H and O–H groups in total. The number of hydrogen-bond acceptors (Lipinski definition) is 3. The molecule has 2 unspecified atom stereocenters. The Labute approximate surface area is 114 Å². The van der Waals surface area contributed by atoms with E-state index < -0.39 is 0 Å². The number of hydrogen-bond donors (Lipinski definition) is 0. The van der Waals surface area contributed by atoms with Crippen molar-refractivity contribution in [2.45, 2.75) is 45.4 Å². The molecule has 1 aromatic rings. The van der Waals surface area contributed by atoms with Crippen molar-refractivity contribution in [2.24, 2.45) is 11.8 Å². The fourth-order valence-electron chi connectivity index (χ4n) is 3.39. The van der Waals surface area contributed by atoms with Crippen LogP contribution in [0.2, 0.25) is 0 Å². The first kappa shape index (κ1) is 12.7. The summed E-state index contributed by atoms with van der Waals surface area (Å²) in [6.07, 6.45) is 5.20. The summed E-state index contributed by atoms with van der Waals surface area (Å²) in [6, 6.07) is 1.80. The molecule has 2 heterocycles. The van der Waals surface area contributed by atoms with Gasteiger partial charge in [0.2, 0.25) is 5.76 Å². The number of carbonyl (C=O) groups excluding carboxylic acids is 1. The van der Waals surface area contributed by atoms with Gasteiger partial charge >= 0.3 is 0 Å². The first-order valence-electron chi connectivity index (χ1n) is 7.41. The van der Waals surface area contributed by atoms with Crippen molar-refractivity contribution >= 4 is 5.91 Å². The van der Waals surface area contributed by atoms with Gasteiger partial charge in [-0.25, -0.2) is 0 Å². The van der Waals surface area contributed by atoms with Crippen molar-refractivity contribution < 1.29 is 9.32 Å². The highest BCUT2D eigenvalue weighted by Crippen LogP contribution is 2.36. The molecule has 4 heteroatoms. The van der Waals surface area contributed by atoms with Crippen molar-refractivity contribution in [3.8, 4) is 0 Å². The highest BCUT2D eigenvalue weighted by atomic mass is 16.5. The maximum atomic E-state index is 12.4. The third kappa shape index (κ3) is 2.40. The van der Waals surface area contributed by atoms with Gasteiger partial charge in [0.05, 0.1) is 5.69 Å². The van der Waals surface area contributed by atoms with Crippen molar-refractivity contribution in [3.63, 3.8) is 0 Å². The molecule has 2 aliphatic rings. The van der Waals surface area contributed by atoms with Crippen LogP contribution in [0.3, 0.4) is 0 Å². The predicted octanol–water partition coefficient (Wildman–Crippen LogP) is 3.06. The van der Waals surface area contributed by atoms with Gasteiger partial charge in [0.25, 0.3) is 5.91 Å². The molecule has 104 valence electrons. The highest BCUT2D eigenvalue weighted by molar-refractivity contribution is 5.91. The van der Waals surface area contributed by atoms with Crippen molar-refractivity contribution in [2.75, 3.05) is 13.1 Å². The number of amides is 1. The predicted molar refractivity (Wildman–Crippen MR) is 71.9 cm³/mol. The molecule has 0 aromatic carbocycles. The molecule has 1 saturated carbocycles. The summed E-state index contributed by atoms with van der Waals surface area (Å²) in [5, 5.41) is 3.98. The Morgan fingerprint density at radius 1 is 1.32 bits per heavy atom. The van der Waals surface area contributed by atoms with Crippen LogP contribution in [-0.4, -0.2) is 29.1 Å². The molecule has 3 rings (SSSR count). The summed E-state index contributed by atoms with van der Waals surface area (Å²) in [5.74, 6) is 2.15. The van der Waals surface area contributed by atoms with Crippen molar-refractivity contribution in [1.82, 2.24) is 10.1 Å².